The SMILES string of the molecule is C[C@H](NC(=O)[C@@H]1CSc2ccccc2O1)C(=O)O. The molecule has 1 amide bonds. The van der Waals surface area contributed by atoms with Crippen molar-refractivity contribution in [2.45, 2.75) is 24.0 Å². The van der Waals surface area contributed by atoms with Gasteiger partial charge in [0.2, 0.25) is 0 Å². The van der Waals surface area contributed by atoms with Crippen LogP contribution >= 0.6 is 11.8 Å². The van der Waals surface area contributed by atoms with Crippen molar-refractivity contribution in [3.63, 3.8) is 0 Å². The Balaban J connectivity index is 2.00. The number of hydrogen-bond donors (Lipinski definition) is 2. The topological polar surface area (TPSA) is 75.6 Å². The van der Waals surface area contributed by atoms with Crippen LogP contribution in [-0.2, 0) is 9.59 Å². The van der Waals surface area contributed by atoms with E-state index in [1.54, 1.807) is 6.07 Å². The zero-order valence-corrected chi connectivity index (χ0v) is 10.6. The third-order valence-electron chi connectivity index (χ3n) is 2.53. The number of benzene rings is 1. The van der Waals surface area contributed by atoms with E-state index >= 15 is 0 Å². The monoisotopic (exact) mass is 267 g/mol. The minimum absolute atomic E-state index is 0.396. The Kier molecular flexibility index (Phi) is 3.76. The highest BCUT2D eigenvalue weighted by Gasteiger charge is 2.28. The molecule has 1 aliphatic heterocycles. The number of carbonyl (C=O) groups excluding carboxylic acids is 1. The maximum Gasteiger partial charge on any atom is 0.325 e. The first-order valence-corrected chi connectivity index (χ1v) is 6.48. The predicted octanol–water partition coefficient (Wildman–Crippen LogP) is 1.13. The summed E-state index contributed by atoms with van der Waals surface area (Å²) in [5.74, 6) is -0.314. The van der Waals surface area contributed by atoms with Crippen molar-refractivity contribution >= 4 is 23.6 Å². The number of amides is 1. The maximum atomic E-state index is 11.8. The summed E-state index contributed by atoms with van der Waals surface area (Å²) in [5, 5.41) is 11.1. The molecule has 5 nitrogen and oxygen atoms in total. The second-order valence-corrected chi connectivity index (χ2v) is 4.99. The average molecular weight is 267 g/mol. The van der Waals surface area contributed by atoms with Crippen LogP contribution < -0.4 is 10.1 Å². The smallest absolute Gasteiger partial charge is 0.325 e. The number of ether oxygens (including phenoxy) is 1. The van der Waals surface area contributed by atoms with E-state index in [1.165, 1.54) is 18.7 Å². The van der Waals surface area contributed by atoms with Gasteiger partial charge in [0, 0.05) is 10.6 Å². The Morgan fingerprint density at radius 2 is 2.22 bits per heavy atom. The molecule has 1 aromatic carbocycles. The van der Waals surface area contributed by atoms with Gasteiger partial charge in [0.15, 0.2) is 6.10 Å². The number of para-hydroxylation sites is 1. The minimum Gasteiger partial charge on any atom is -0.480 e. The first kappa shape index (κ1) is 12.8. The molecule has 1 aromatic rings. The van der Waals surface area contributed by atoms with E-state index < -0.39 is 24.0 Å². The van der Waals surface area contributed by atoms with Gasteiger partial charge in [-0.05, 0) is 19.1 Å². The number of carboxylic acids is 1. The van der Waals surface area contributed by atoms with Gasteiger partial charge in [0.05, 0.1) is 0 Å². The molecule has 0 radical (unpaired) electrons. The molecule has 0 spiro atoms. The second-order valence-electron chi connectivity index (χ2n) is 3.93. The van der Waals surface area contributed by atoms with Crippen molar-refractivity contribution in [2.24, 2.45) is 0 Å². The van der Waals surface area contributed by atoms with E-state index in [2.05, 4.69) is 5.32 Å². The number of aliphatic carboxylic acids is 1. The summed E-state index contributed by atoms with van der Waals surface area (Å²) >= 11 is 1.53. The average Bonchev–Trinajstić information content (AvgIpc) is 2.37. The maximum absolute atomic E-state index is 11.8. The molecule has 0 aromatic heterocycles. The lowest BCUT2D eigenvalue weighted by molar-refractivity contribution is -0.142. The van der Waals surface area contributed by atoms with Crippen LogP contribution in [0.4, 0.5) is 0 Å². The molecule has 0 unspecified atom stereocenters. The number of thioether (sulfide) groups is 1. The molecule has 2 atom stereocenters. The molecule has 96 valence electrons. The van der Waals surface area contributed by atoms with Crippen molar-refractivity contribution in [1.29, 1.82) is 0 Å². The van der Waals surface area contributed by atoms with Gasteiger partial charge >= 0.3 is 5.97 Å². The summed E-state index contributed by atoms with van der Waals surface area (Å²) in [6, 6.07) is 6.54. The van der Waals surface area contributed by atoms with Crippen LogP contribution in [0.1, 0.15) is 6.92 Å². The molecule has 0 bridgehead atoms. The molecule has 0 aliphatic carbocycles. The summed E-state index contributed by atoms with van der Waals surface area (Å²) in [6.45, 7) is 1.42. The number of hydrogen-bond acceptors (Lipinski definition) is 4. The molecule has 1 aliphatic rings. The fraction of sp³-hybridized carbons (Fsp3) is 0.333. The minimum atomic E-state index is -1.06. The quantitative estimate of drug-likeness (QED) is 0.858. The number of fused-ring (bicyclic) bond motifs is 1. The van der Waals surface area contributed by atoms with Gasteiger partial charge in [-0.1, -0.05) is 12.1 Å². The predicted molar refractivity (Wildman–Crippen MR) is 66.8 cm³/mol. The van der Waals surface area contributed by atoms with Crippen LogP contribution in [0.5, 0.6) is 5.75 Å². The van der Waals surface area contributed by atoms with Crippen LogP contribution in [0.2, 0.25) is 0 Å². The van der Waals surface area contributed by atoms with Gasteiger partial charge in [0.1, 0.15) is 11.8 Å². The zero-order valence-electron chi connectivity index (χ0n) is 9.75. The third-order valence-corrected chi connectivity index (χ3v) is 3.65. The van der Waals surface area contributed by atoms with Crippen molar-refractivity contribution in [3.8, 4) is 5.75 Å². The van der Waals surface area contributed by atoms with Gasteiger partial charge in [-0.25, -0.2) is 0 Å². The van der Waals surface area contributed by atoms with Gasteiger partial charge < -0.3 is 15.2 Å². The highest BCUT2D eigenvalue weighted by Crippen LogP contribution is 2.34. The standard InChI is InChI=1S/C12H13NO4S/c1-7(12(15)16)13-11(14)9-6-18-10-5-3-2-4-8(10)17-9/h2-5,7,9H,6H2,1H3,(H,13,14)(H,15,16)/t7-,9-/m0/s1. The Morgan fingerprint density at radius 3 is 2.94 bits per heavy atom. The van der Waals surface area contributed by atoms with Gasteiger partial charge in [-0.2, -0.15) is 0 Å². The molecular formula is C12H13NO4S. The van der Waals surface area contributed by atoms with Crippen LogP contribution in [-0.4, -0.2) is 34.9 Å². The number of rotatable bonds is 3. The summed E-state index contributed by atoms with van der Waals surface area (Å²) in [7, 11) is 0. The fourth-order valence-electron chi connectivity index (χ4n) is 1.52. The molecule has 0 saturated heterocycles. The van der Waals surface area contributed by atoms with E-state index in [0.717, 1.165) is 4.90 Å². The fourth-order valence-corrected chi connectivity index (χ4v) is 2.50. The first-order chi connectivity index (χ1) is 8.58. The molecule has 6 heteroatoms. The van der Waals surface area contributed by atoms with Crippen molar-refractivity contribution in [3.05, 3.63) is 24.3 Å². The van der Waals surface area contributed by atoms with Gasteiger partial charge in [-0.3, -0.25) is 9.59 Å². The molecule has 0 saturated carbocycles. The van der Waals surface area contributed by atoms with Crippen molar-refractivity contribution < 1.29 is 19.4 Å². The van der Waals surface area contributed by atoms with E-state index in [0.29, 0.717) is 11.5 Å². The summed E-state index contributed by atoms with van der Waals surface area (Å²) in [6.07, 6.45) is -0.647. The van der Waals surface area contributed by atoms with Crippen molar-refractivity contribution in [2.75, 3.05) is 5.75 Å². The lowest BCUT2D eigenvalue weighted by Crippen LogP contribution is -2.47. The highest BCUT2D eigenvalue weighted by atomic mass is 32.2. The molecule has 0 fully saturated rings. The second kappa shape index (κ2) is 5.30. The Hall–Kier alpha value is -1.69. The number of carboxylic acid groups (broad SMARTS) is 1. The van der Waals surface area contributed by atoms with E-state index in [4.69, 9.17) is 9.84 Å². The molecule has 18 heavy (non-hydrogen) atoms. The van der Waals surface area contributed by atoms with E-state index in [-0.39, 0.29) is 0 Å². The lowest BCUT2D eigenvalue weighted by atomic mass is 10.3. The largest absolute Gasteiger partial charge is 0.480 e. The van der Waals surface area contributed by atoms with E-state index in [9.17, 15) is 9.59 Å². The van der Waals surface area contributed by atoms with Crippen LogP contribution in [0.15, 0.2) is 29.2 Å². The molecule has 1 heterocycles. The summed E-state index contributed by atoms with van der Waals surface area (Å²) < 4.78 is 5.55. The van der Waals surface area contributed by atoms with Gasteiger partial charge in [-0.15, -0.1) is 11.8 Å². The normalized spacial score (nSPS) is 19.3. The van der Waals surface area contributed by atoms with E-state index in [1.807, 2.05) is 18.2 Å². The molecular weight excluding hydrogens is 254 g/mol. The summed E-state index contributed by atoms with van der Waals surface area (Å²) in [5.41, 5.74) is 0. The zero-order chi connectivity index (χ0) is 13.1. The number of nitrogens with one attached hydrogen (secondary N) is 1. The molecule has 2 rings (SSSR count). The lowest BCUT2D eigenvalue weighted by Gasteiger charge is -2.25. The van der Waals surface area contributed by atoms with Crippen LogP contribution in [0, 0.1) is 0 Å². The Bertz CT molecular complexity index is 477. The Morgan fingerprint density at radius 1 is 1.50 bits per heavy atom. The van der Waals surface area contributed by atoms with Crippen LogP contribution in [0.25, 0.3) is 0 Å². The number of carbonyl (C=O) groups is 2. The van der Waals surface area contributed by atoms with Crippen LogP contribution in [0.3, 0.4) is 0 Å². The van der Waals surface area contributed by atoms with Gasteiger partial charge in [0.25, 0.3) is 5.91 Å². The highest BCUT2D eigenvalue weighted by molar-refractivity contribution is 7.99. The first-order valence-electron chi connectivity index (χ1n) is 5.49. The third kappa shape index (κ3) is 2.76. The molecule has 2 N–H and O–H groups in total. The summed E-state index contributed by atoms with van der Waals surface area (Å²) in [4.78, 5) is 23.5. The van der Waals surface area contributed by atoms with Crippen molar-refractivity contribution in [1.82, 2.24) is 5.32 Å². The Labute approximate surface area is 109 Å².